The predicted molar refractivity (Wildman–Crippen MR) is 39.6 cm³/mol. The fraction of sp³-hybridized carbons (Fsp3) is 0.833. The molecular formula is C6H12O3S. The van der Waals surface area contributed by atoms with Crippen LogP contribution in [0.25, 0.3) is 0 Å². The molecule has 0 aliphatic carbocycles. The number of ketones is 1. The minimum Gasteiger partial charge on any atom is -0.299 e. The zero-order valence-corrected chi connectivity index (χ0v) is 7.07. The summed E-state index contributed by atoms with van der Waals surface area (Å²) in [5.74, 6) is -0.444. The highest BCUT2D eigenvalue weighted by atomic mass is 32.2. The van der Waals surface area contributed by atoms with E-state index in [0.29, 0.717) is 6.42 Å². The van der Waals surface area contributed by atoms with Crippen molar-refractivity contribution in [3.63, 3.8) is 0 Å². The Kier molecular flexibility index (Phi) is 3.57. The summed E-state index contributed by atoms with van der Waals surface area (Å²) in [6, 6.07) is 0. The average molecular weight is 164 g/mol. The molecule has 3 nitrogen and oxygen atoms in total. The van der Waals surface area contributed by atoms with Crippen LogP contribution in [0.3, 0.4) is 0 Å². The minimum absolute atomic E-state index is 0.0543. The molecular weight excluding hydrogens is 152 g/mol. The maximum atomic E-state index is 10.7. The summed E-state index contributed by atoms with van der Waals surface area (Å²) in [5.41, 5.74) is 0. The topological polar surface area (TPSA) is 51.2 Å². The molecule has 0 aromatic heterocycles. The molecule has 0 radical (unpaired) electrons. The van der Waals surface area contributed by atoms with Gasteiger partial charge in [0.25, 0.3) is 0 Å². The Labute approximate surface area is 61.4 Å². The van der Waals surface area contributed by atoms with E-state index in [9.17, 15) is 13.2 Å². The van der Waals surface area contributed by atoms with Gasteiger partial charge in [-0.3, -0.25) is 4.79 Å². The number of hydrogen-bond donors (Lipinski definition) is 0. The van der Waals surface area contributed by atoms with Gasteiger partial charge in [-0.2, -0.15) is 0 Å². The lowest BCUT2D eigenvalue weighted by Gasteiger charge is -1.96. The van der Waals surface area contributed by atoms with Crippen LogP contribution >= 0.6 is 0 Å². The summed E-state index contributed by atoms with van der Waals surface area (Å²) in [6.45, 7) is 3.20. The highest BCUT2D eigenvalue weighted by molar-refractivity contribution is 7.92. The van der Waals surface area contributed by atoms with Crippen molar-refractivity contribution in [2.24, 2.45) is 0 Å². The summed E-state index contributed by atoms with van der Waals surface area (Å²) in [5, 5.41) is 0. The van der Waals surface area contributed by atoms with Gasteiger partial charge < -0.3 is 0 Å². The van der Waals surface area contributed by atoms with E-state index in [4.69, 9.17) is 0 Å². The van der Waals surface area contributed by atoms with E-state index in [1.54, 1.807) is 6.92 Å². The first-order chi connectivity index (χ1) is 4.52. The van der Waals surface area contributed by atoms with Crippen LogP contribution in [0.5, 0.6) is 0 Å². The second-order valence-electron chi connectivity index (χ2n) is 2.07. The zero-order valence-electron chi connectivity index (χ0n) is 6.25. The SMILES string of the molecule is CCC(=O)CS(=O)(=O)CC. The van der Waals surface area contributed by atoms with Gasteiger partial charge in [0, 0.05) is 12.2 Å². The molecule has 0 aliphatic rings. The van der Waals surface area contributed by atoms with Crippen molar-refractivity contribution in [2.75, 3.05) is 11.5 Å². The number of rotatable bonds is 4. The molecule has 0 fully saturated rings. The molecule has 4 heteroatoms. The lowest BCUT2D eigenvalue weighted by molar-refractivity contribution is -0.116. The summed E-state index contributed by atoms with van der Waals surface area (Å²) in [4.78, 5) is 10.6. The molecule has 0 unspecified atom stereocenters. The van der Waals surface area contributed by atoms with Crippen LogP contribution < -0.4 is 0 Å². The summed E-state index contributed by atoms with van der Waals surface area (Å²) < 4.78 is 21.5. The Morgan fingerprint density at radius 3 is 2.10 bits per heavy atom. The molecule has 0 heterocycles. The van der Waals surface area contributed by atoms with E-state index in [2.05, 4.69) is 0 Å². The molecule has 0 saturated heterocycles. The number of carbonyl (C=O) groups excluding carboxylic acids is 1. The van der Waals surface area contributed by atoms with Crippen LogP contribution in [0.4, 0.5) is 0 Å². The standard InChI is InChI=1S/C6H12O3S/c1-3-6(7)5-10(8,9)4-2/h3-5H2,1-2H3. The van der Waals surface area contributed by atoms with E-state index in [-0.39, 0.29) is 17.3 Å². The molecule has 0 amide bonds. The first-order valence-electron chi connectivity index (χ1n) is 3.24. The van der Waals surface area contributed by atoms with Crippen LogP contribution in [-0.2, 0) is 14.6 Å². The van der Waals surface area contributed by atoms with Gasteiger partial charge in [-0.25, -0.2) is 8.42 Å². The maximum absolute atomic E-state index is 10.7. The molecule has 0 spiro atoms. The molecule has 0 N–H and O–H groups in total. The van der Waals surface area contributed by atoms with Crippen LogP contribution in [0.1, 0.15) is 20.3 Å². The third-order valence-electron chi connectivity index (χ3n) is 1.22. The largest absolute Gasteiger partial charge is 0.299 e. The van der Waals surface area contributed by atoms with Gasteiger partial charge in [-0.15, -0.1) is 0 Å². The Hall–Kier alpha value is -0.380. The van der Waals surface area contributed by atoms with Crippen molar-refractivity contribution in [2.45, 2.75) is 20.3 Å². The van der Waals surface area contributed by atoms with Crippen molar-refractivity contribution in [1.29, 1.82) is 0 Å². The van der Waals surface area contributed by atoms with E-state index < -0.39 is 9.84 Å². The third-order valence-corrected chi connectivity index (χ3v) is 2.86. The van der Waals surface area contributed by atoms with Gasteiger partial charge >= 0.3 is 0 Å². The van der Waals surface area contributed by atoms with Crippen molar-refractivity contribution in [3.8, 4) is 0 Å². The Balaban J connectivity index is 4.03. The van der Waals surface area contributed by atoms with Gasteiger partial charge in [-0.05, 0) is 0 Å². The lowest BCUT2D eigenvalue weighted by atomic mass is 10.4. The Bertz CT molecular complexity index is 203. The highest BCUT2D eigenvalue weighted by Crippen LogP contribution is 1.92. The van der Waals surface area contributed by atoms with Crippen molar-refractivity contribution < 1.29 is 13.2 Å². The van der Waals surface area contributed by atoms with E-state index in [0.717, 1.165) is 0 Å². The molecule has 0 aromatic rings. The molecule has 0 aliphatic heterocycles. The molecule has 60 valence electrons. The van der Waals surface area contributed by atoms with Crippen molar-refractivity contribution in [1.82, 2.24) is 0 Å². The van der Waals surface area contributed by atoms with Gasteiger partial charge in [-0.1, -0.05) is 13.8 Å². The minimum atomic E-state index is -3.08. The molecule has 0 bridgehead atoms. The van der Waals surface area contributed by atoms with Gasteiger partial charge in [0.2, 0.25) is 0 Å². The predicted octanol–water partition coefficient (Wildman–Crippen LogP) is 0.400. The van der Waals surface area contributed by atoms with Crippen LogP contribution in [0, 0.1) is 0 Å². The van der Waals surface area contributed by atoms with E-state index in [1.165, 1.54) is 6.92 Å². The van der Waals surface area contributed by atoms with Gasteiger partial charge in [0.05, 0.1) is 0 Å². The summed E-state index contributed by atoms with van der Waals surface area (Å²) >= 11 is 0. The summed E-state index contributed by atoms with van der Waals surface area (Å²) in [6.07, 6.45) is 0.305. The van der Waals surface area contributed by atoms with Crippen molar-refractivity contribution in [3.05, 3.63) is 0 Å². The second-order valence-corrected chi connectivity index (χ2v) is 4.42. The Morgan fingerprint density at radius 1 is 1.30 bits per heavy atom. The quantitative estimate of drug-likeness (QED) is 0.604. The number of Topliss-reactive ketones (excluding diaryl/α,β-unsaturated/α-hetero) is 1. The smallest absolute Gasteiger partial charge is 0.157 e. The molecule has 10 heavy (non-hydrogen) atoms. The summed E-state index contributed by atoms with van der Waals surface area (Å²) in [7, 11) is -3.08. The average Bonchev–Trinajstić information content (AvgIpc) is 1.87. The van der Waals surface area contributed by atoms with Crippen molar-refractivity contribution >= 4 is 15.6 Å². The first kappa shape index (κ1) is 9.62. The fourth-order valence-electron chi connectivity index (χ4n) is 0.449. The lowest BCUT2D eigenvalue weighted by Crippen LogP contribution is -2.16. The Morgan fingerprint density at radius 2 is 1.80 bits per heavy atom. The molecule has 0 saturated carbocycles. The fourth-order valence-corrected chi connectivity index (χ4v) is 1.35. The normalized spacial score (nSPS) is 11.4. The van der Waals surface area contributed by atoms with Crippen LogP contribution in [0.2, 0.25) is 0 Å². The number of hydrogen-bond acceptors (Lipinski definition) is 3. The monoisotopic (exact) mass is 164 g/mol. The first-order valence-corrected chi connectivity index (χ1v) is 5.06. The second kappa shape index (κ2) is 3.71. The zero-order chi connectivity index (χ0) is 8.20. The third kappa shape index (κ3) is 3.61. The van der Waals surface area contributed by atoms with Crippen LogP contribution in [0.15, 0.2) is 0 Å². The number of carbonyl (C=O) groups is 1. The van der Waals surface area contributed by atoms with Crippen LogP contribution in [-0.4, -0.2) is 25.7 Å². The van der Waals surface area contributed by atoms with Gasteiger partial charge in [0.15, 0.2) is 9.84 Å². The highest BCUT2D eigenvalue weighted by Gasteiger charge is 2.11. The van der Waals surface area contributed by atoms with Gasteiger partial charge in [0.1, 0.15) is 11.5 Å². The van der Waals surface area contributed by atoms with E-state index in [1.807, 2.05) is 0 Å². The molecule has 0 aromatic carbocycles. The van der Waals surface area contributed by atoms with E-state index >= 15 is 0 Å². The molecule has 0 rings (SSSR count). The molecule has 0 atom stereocenters. The maximum Gasteiger partial charge on any atom is 0.157 e. The number of sulfone groups is 1.